The summed E-state index contributed by atoms with van der Waals surface area (Å²) >= 11 is 0. The fourth-order valence-electron chi connectivity index (χ4n) is 3.58. The molecule has 0 fully saturated rings. The molecule has 0 saturated heterocycles. The van der Waals surface area contributed by atoms with Crippen molar-refractivity contribution >= 4 is 30.1 Å². The van der Waals surface area contributed by atoms with Crippen molar-refractivity contribution in [3.05, 3.63) is 122 Å². The van der Waals surface area contributed by atoms with Crippen LogP contribution in [0.3, 0.4) is 0 Å². The monoisotopic (exact) mass is 696 g/mol. The first-order valence-corrected chi connectivity index (χ1v) is 16.1. The first-order valence-electron chi connectivity index (χ1n) is 16.1. The number of hydrogen-bond donors (Lipinski definition) is 2. The molecule has 4 atom stereocenters. The third-order valence-electron chi connectivity index (χ3n) is 5.78. The third-order valence-corrected chi connectivity index (χ3v) is 5.78. The van der Waals surface area contributed by atoms with Crippen LogP contribution in [0.2, 0.25) is 0 Å². The number of aliphatic hydroxyl groups excluding tert-OH is 2. The highest BCUT2D eigenvalue weighted by atomic mass is 16.6. The normalized spacial score (nSPS) is 12.9. The van der Waals surface area contributed by atoms with Gasteiger partial charge in [0.1, 0.15) is 18.8 Å². The lowest BCUT2D eigenvalue weighted by Crippen LogP contribution is -2.37. The Balaban J connectivity index is 0.000000764. The Bertz CT molecular complexity index is 1190. The number of benzene rings is 2. The number of rotatable bonds is 21. The number of hydrogen-bond acceptors (Lipinski definition) is 11. The minimum Gasteiger partial charge on any atom is -0.464 e. The zero-order valence-electron chi connectivity index (χ0n) is 29.3. The summed E-state index contributed by atoms with van der Waals surface area (Å²) in [4.78, 5) is 34.0. The summed E-state index contributed by atoms with van der Waals surface area (Å²) in [5, 5.41) is 20.1. The van der Waals surface area contributed by atoms with Gasteiger partial charge in [0, 0.05) is 0 Å². The average molecular weight is 697 g/mol. The molecule has 2 rings (SSSR count). The van der Waals surface area contributed by atoms with E-state index in [1.807, 2.05) is 60.7 Å². The predicted molar refractivity (Wildman–Crippen MR) is 194 cm³/mol. The Labute approximate surface area is 296 Å². The summed E-state index contributed by atoms with van der Waals surface area (Å²) in [7, 11) is 0. The Morgan fingerprint density at radius 3 is 1.34 bits per heavy atom. The van der Waals surface area contributed by atoms with E-state index in [4.69, 9.17) is 23.7 Å². The van der Waals surface area contributed by atoms with E-state index in [1.54, 1.807) is 39.0 Å². The maximum absolute atomic E-state index is 11.7. The molecule has 50 heavy (non-hydrogen) atoms. The van der Waals surface area contributed by atoms with Crippen LogP contribution in [0.4, 0.5) is 0 Å². The summed E-state index contributed by atoms with van der Waals surface area (Å²) in [5.74, 6) is -1.50. The van der Waals surface area contributed by atoms with Gasteiger partial charge >= 0.3 is 17.9 Å². The molecule has 11 nitrogen and oxygen atoms in total. The number of esters is 3. The standard InChI is InChI=1S/2C16H20O4.C7H12O3/c2*1-3-12-20-15(16(18)19-4-2)14(17)11-10-13-8-6-5-7-9-13;1-3-5-9-6-7(8)10-4-2/h2*3,5-11,14-15,17H,1,4,12H2,2H3;3H,1,4-6H2,2H3/b2*11-10+;/t14-,15+;14-,15-;/m01./s1. The van der Waals surface area contributed by atoms with E-state index in [2.05, 4.69) is 24.5 Å². The van der Waals surface area contributed by atoms with Crippen LogP contribution in [0, 0.1) is 0 Å². The van der Waals surface area contributed by atoms with Crippen LogP contribution in [0.15, 0.2) is 111 Å². The summed E-state index contributed by atoms with van der Waals surface area (Å²) in [5.41, 5.74) is 1.86. The molecule has 0 aliphatic heterocycles. The van der Waals surface area contributed by atoms with Crippen molar-refractivity contribution in [3.8, 4) is 0 Å². The van der Waals surface area contributed by atoms with Crippen molar-refractivity contribution in [2.24, 2.45) is 0 Å². The van der Waals surface area contributed by atoms with Gasteiger partial charge in [-0.3, -0.25) is 0 Å². The highest BCUT2D eigenvalue weighted by molar-refractivity contribution is 5.76. The van der Waals surface area contributed by atoms with Gasteiger partial charge < -0.3 is 38.6 Å². The van der Waals surface area contributed by atoms with E-state index >= 15 is 0 Å². The molecule has 0 radical (unpaired) electrons. The lowest BCUT2D eigenvalue weighted by Gasteiger charge is -2.18. The molecule has 11 heteroatoms. The molecule has 0 bridgehead atoms. The van der Waals surface area contributed by atoms with Crippen molar-refractivity contribution in [2.75, 3.05) is 46.2 Å². The van der Waals surface area contributed by atoms with E-state index in [1.165, 1.54) is 24.3 Å². The van der Waals surface area contributed by atoms with Gasteiger partial charge in [-0.2, -0.15) is 0 Å². The average Bonchev–Trinajstić information content (AvgIpc) is 3.12. The first kappa shape index (κ1) is 45.3. The molecule has 0 spiro atoms. The minimum atomic E-state index is -1.07. The number of aliphatic hydroxyl groups is 2. The quantitative estimate of drug-likeness (QED) is 0.0774. The van der Waals surface area contributed by atoms with Crippen LogP contribution in [0.25, 0.3) is 12.2 Å². The SMILES string of the molecule is C=CCOCC(=O)OCC.C=CCO[C@@H](C(=O)OCC)[C@@H](O)/C=C/c1ccccc1.C=CCO[C@@H](C(=O)OCC)[C@H](O)/C=C/c1ccccc1. The van der Waals surface area contributed by atoms with Gasteiger partial charge in [-0.1, -0.05) is 103 Å². The Kier molecular flexibility index (Phi) is 27.6. The van der Waals surface area contributed by atoms with E-state index in [9.17, 15) is 24.6 Å². The second kappa shape index (κ2) is 30.4. The van der Waals surface area contributed by atoms with Crippen LogP contribution in [-0.2, 0) is 42.8 Å². The summed E-state index contributed by atoms with van der Waals surface area (Å²) in [6, 6.07) is 19.0. The molecule has 0 aromatic heterocycles. The van der Waals surface area contributed by atoms with Gasteiger partial charge in [-0.25, -0.2) is 14.4 Å². The second-order valence-electron chi connectivity index (χ2n) is 9.72. The van der Waals surface area contributed by atoms with E-state index in [0.717, 1.165) is 11.1 Å². The molecule has 0 aliphatic carbocycles. The van der Waals surface area contributed by atoms with Crippen LogP contribution >= 0.6 is 0 Å². The predicted octanol–water partition coefficient (Wildman–Crippen LogP) is 5.14. The molecule has 2 aromatic rings. The molecule has 0 unspecified atom stereocenters. The maximum atomic E-state index is 11.7. The largest absolute Gasteiger partial charge is 0.464 e. The van der Waals surface area contributed by atoms with Crippen LogP contribution in [0.5, 0.6) is 0 Å². The zero-order chi connectivity index (χ0) is 37.4. The molecule has 0 heterocycles. The lowest BCUT2D eigenvalue weighted by molar-refractivity contribution is -0.162. The zero-order valence-corrected chi connectivity index (χ0v) is 29.3. The Hall–Kier alpha value is -4.65. The summed E-state index contributed by atoms with van der Waals surface area (Å²) in [6.45, 7) is 17.2. The number of carbonyl (C=O) groups is 3. The molecule has 0 aliphatic rings. The van der Waals surface area contributed by atoms with Gasteiger partial charge in [-0.05, 0) is 31.9 Å². The highest BCUT2D eigenvalue weighted by Crippen LogP contribution is 2.10. The smallest absolute Gasteiger partial charge is 0.338 e. The molecule has 274 valence electrons. The first-order chi connectivity index (χ1) is 24.2. The molecule has 0 amide bonds. The van der Waals surface area contributed by atoms with Gasteiger partial charge in [0.15, 0.2) is 12.2 Å². The van der Waals surface area contributed by atoms with Gasteiger partial charge in [0.25, 0.3) is 0 Å². The Morgan fingerprint density at radius 2 is 1.00 bits per heavy atom. The topological polar surface area (TPSA) is 147 Å². The molecular formula is C39H52O11. The molecular weight excluding hydrogens is 644 g/mol. The van der Waals surface area contributed by atoms with E-state index in [-0.39, 0.29) is 39.0 Å². The highest BCUT2D eigenvalue weighted by Gasteiger charge is 2.28. The van der Waals surface area contributed by atoms with Gasteiger partial charge in [-0.15, -0.1) is 19.7 Å². The van der Waals surface area contributed by atoms with Crippen molar-refractivity contribution in [2.45, 2.75) is 45.2 Å². The maximum Gasteiger partial charge on any atom is 0.338 e. The summed E-state index contributed by atoms with van der Waals surface area (Å²) in [6.07, 6.45) is 6.85. The van der Waals surface area contributed by atoms with Crippen molar-refractivity contribution < 1.29 is 53.0 Å². The van der Waals surface area contributed by atoms with Crippen molar-refractivity contribution in [1.29, 1.82) is 0 Å². The lowest BCUT2D eigenvalue weighted by atomic mass is 10.1. The van der Waals surface area contributed by atoms with Gasteiger partial charge in [0.05, 0.1) is 39.6 Å². The van der Waals surface area contributed by atoms with Crippen molar-refractivity contribution in [1.82, 2.24) is 0 Å². The molecule has 2 aromatic carbocycles. The molecule has 2 N–H and O–H groups in total. The number of carbonyl (C=O) groups excluding carboxylic acids is 3. The Morgan fingerprint density at radius 1 is 0.620 bits per heavy atom. The summed E-state index contributed by atoms with van der Waals surface area (Å²) < 4.78 is 29.7. The van der Waals surface area contributed by atoms with Crippen LogP contribution < -0.4 is 0 Å². The van der Waals surface area contributed by atoms with Crippen LogP contribution in [-0.4, -0.2) is 98.8 Å². The third kappa shape index (κ3) is 22.1. The number of ether oxygens (including phenoxy) is 6. The fraction of sp³-hybridized carbons (Fsp3) is 0.359. The fourth-order valence-corrected chi connectivity index (χ4v) is 3.58. The van der Waals surface area contributed by atoms with E-state index in [0.29, 0.717) is 13.2 Å². The second-order valence-corrected chi connectivity index (χ2v) is 9.72. The van der Waals surface area contributed by atoms with Crippen molar-refractivity contribution in [3.63, 3.8) is 0 Å². The minimum absolute atomic E-state index is 0.0137. The van der Waals surface area contributed by atoms with Crippen LogP contribution in [0.1, 0.15) is 31.9 Å². The van der Waals surface area contributed by atoms with E-state index < -0.39 is 36.4 Å². The molecule has 0 saturated carbocycles. The van der Waals surface area contributed by atoms with Gasteiger partial charge in [0.2, 0.25) is 0 Å².